The molecule has 1 aromatic carbocycles. The van der Waals surface area contributed by atoms with Crippen LogP contribution in [0.5, 0.6) is 0 Å². The van der Waals surface area contributed by atoms with Crippen LogP contribution in [0.25, 0.3) is 10.6 Å². The molecule has 5 rings (SSSR count). The van der Waals surface area contributed by atoms with Gasteiger partial charge in [-0.05, 0) is 42.3 Å². The molecule has 1 amide bonds. The molecule has 0 spiro atoms. The number of benzene rings is 1. The Morgan fingerprint density at radius 2 is 2.06 bits per heavy atom. The summed E-state index contributed by atoms with van der Waals surface area (Å²) in [6, 6.07) is 5.20. The molecule has 0 bridgehead atoms. The van der Waals surface area contributed by atoms with Gasteiger partial charge in [0.05, 0.1) is 33.4 Å². The highest BCUT2D eigenvalue weighted by Crippen LogP contribution is 2.42. The van der Waals surface area contributed by atoms with Crippen molar-refractivity contribution in [2.24, 2.45) is 0 Å². The molecular formula is C21H17ClF3N5OS. The lowest BCUT2D eigenvalue weighted by Crippen LogP contribution is -2.23. The van der Waals surface area contributed by atoms with Gasteiger partial charge >= 0.3 is 6.18 Å². The highest BCUT2D eigenvalue weighted by Gasteiger charge is 2.37. The Morgan fingerprint density at radius 3 is 2.81 bits per heavy atom. The maximum absolute atomic E-state index is 13.7. The number of nitrogens with one attached hydrogen (secondary N) is 2. The fourth-order valence-electron chi connectivity index (χ4n) is 3.89. The van der Waals surface area contributed by atoms with Crippen LogP contribution in [-0.4, -0.2) is 34.4 Å². The lowest BCUT2D eigenvalue weighted by atomic mass is 10.0. The summed E-state index contributed by atoms with van der Waals surface area (Å²) in [7, 11) is 1.65. The Bertz CT molecular complexity index is 1240. The number of nitrogens with zero attached hydrogens (tertiary/aromatic N) is 3. The number of amides is 1. The molecule has 0 fully saturated rings. The van der Waals surface area contributed by atoms with Crippen molar-refractivity contribution in [1.82, 2.24) is 20.2 Å². The van der Waals surface area contributed by atoms with E-state index in [0.29, 0.717) is 29.4 Å². The van der Waals surface area contributed by atoms with E-state index in [2.05, 4.69) is 20.6 Å². The van der Waals surface area contributed by atoms with Gasteiger partial charge in [-0.3, -0.25) is 4.79 Å². The third-order valence-corrected chi connectivity index (χ3v) is 6.96. The smallest absolute Gasteiger partial charge is 0.337 e. The van der Waals surface area contributed by atoms with E-state index in [1.165, 1.54) is 11.0 Å². The quantitative estimate of drug-likeness (QED) is 0.562. The van der Waals surface area contributed by atoms with Crippen molar-refractivity contribution in [2.75, 3.05) is 18.9 Å². The molecule has 0 saturated heterocycles. The second-order valence-electron chi connectivity index (χ2n) is 7.71. The highest BCUT2D eigenvalue weighted by atomic mass is 35.5. The minimum Gasteiger partial charge on any atom is -0.337 e. The van der Waals surface area contributed by atoms with E-state index in [1.807, 2.05) is 12.1 Å². The van der Waals surface area contributed by atoms with Gasteiger partial charge in [0.1, 0.15) is 5.56 Å². The van der Waals surface area contributed by atoms with E-state index in [1.54, 1.807) is 7.05 Å². The van der Waals surface area contributed by atoms with Crippen LogP contribution < -0.4 is 10.6 Å². The fraction of sp³-hybridized carbons (Fsp3) is 0.286. The topological polar surface area (TPSA) is 70.2 Å². The molecule has 0 atom stereocenters. The standard InChI is InChI=1S/C21H17ClF3N5OS/c1-30-9-17-12(19(30)31)6-16(32-17)18-13(21(23,24)25)8-27-20(29-18)28-15-5-10-2-3-26-7-11(10)4-14(15)22/h4-6,8,26H,2-3,7,9H2,1H3,(H,27,28,29). The van der Waals surface area contributed by atoms with Crippen LogP contribution in [0.3, 0.4) is 0 Å². The third-order valence-electron chi connectivity index (χ3n) is 5.52. The summed E-state index contributed by atoms with van der Waals surface area (Å²) in [4.78, 5) is 22.8. The predicted molar refractivity (Wildman–Crippen MR) is 116 cm³/mol. The van der Waals surface area contributed by atoms with Gasteiger partial charge < -0.3 is 15.5 Å². The van der Waals surface area contributed by atoms with Crippen molar-refractivity contribution >= 4 is 40.5 Å². The number of hydrogen-bond donors (Lipinski definition) is 2. The van der Waals surface area contributed by atoms with Crippen molar-refractivity contribution < 1.29 is 18.0 Å². The number of thiophene rings is 1. The Labute approximate surface area is 190 Å². The monoisotopic (exact) mass is 479 g/mol. The summed E-state index contributed by atoms with van der Waals surface area (Å²) >= 11 is 7.52. The Morgan fingerprint density at radius 1 is 1.25 bits per heavy atom. The maximum atomic E-state index is 13.7. The van der Waals surface area contributed by atoms with Crippen LogP contribution in [0.15, 0.2) is 24.4 Å². The molecule has 166 valence electrons. The minimum absolute atomic E-state index is 0.000730. The summed E-state index contributed by atoms with van der Waals surface area (Å²) in [6.45, 7) is 1.93. The van der Waals surface area contributed by atoms with Crippen LogP contribution >= 0.6 is 22.9 Å². The Hall–Kier alpha value is -2.69. The summed E-state index contributed by atoms with van der Waals surface area (Å²) in [5.41, 5.74) is 1.93. The van der Waals surface area contributed by atoms with Crippen LogP contribution in [0.2, 0.25) is 5.02 Å². The molecule has 2 N–H and O–H groups in total. The second-order valence-corrected chi connectivity index (χ2v) is 9.26. The number of carbonyl (C=O) groups excluding carboxylic acids is 1. The number of rotatable bonds is 3. The van der Waals surface area contributed by atoms with E-state index in [0.717, 1.165) is 46.5 Å². The molecule has 6 nitrogen and oxygen atoms in total. The number of aromatic nitrogens is 2. The van der Waals surface area contributed by atoms with Gasteiger partial charge in [-0.25, -0.2) is 9.97 Å². The first-order valence-electron chi connectivity index (χ1n) is 9.82. The van der Waals surface area contributed by atoms with Gasteiger partial charge in [-0.1, -0.05) is 11.6 Å². The number of fused-ring (bicyclic) bond motifs is 2. The lowest BCUT2D eigenvalue weighted by molar-refractivity contribution is -0.137. The molecule has 0 radical (unpaired) electrons. The zero-order valence-electron chi connectivity index (χ0n) is 16.8. The van der Waals surface area contributed by atoms with Gasteiger partial charge in [-0.15, -0.1) is 11.3 Å². The summed E-state index contributed by atoms with van der Waals surface area (Å²) in [5, 5.41) is 6.66. The van der Waals surface area contributed by atoms with Crippen molar-refractivity contribution in [1.29, 1.82) is 0 Å². The lowest BCUT2D eigenvalue weighted by Gasteiger charge is -2.19. The van der Waals surface area contributed by atoms with Gasteiger partial charge in [0.2, 0.25) is 5.95 Å². The van der Waals surface area contributed by atoms with Crippen molar-refractivity contribution in [2.45, 2.75) is 25.7 Å². The van der Waals surface area contributed by atoms with Gasteiger partial charge in [-0.2, -0.15) is 13.2 Å². The number of hydrogen-bond acceptors (Lipinski definition) is 6. The van der Waals surface area contributed by atoms with E-state index in [-0.39, 0.29) is 22.4 Å². The van der Waals surface area contributed by atoms with E-state index in [4.69, 9.17) is 11.6 Å². The Balaban J connectivity index is 1.54. The first-order valence-corrected chi connectivity index (χ1v) is 11.0. The number of alkyl halides is 3. The average Bonchev–Trinajstić information content (AvgIpc) is 3.27. The van der Waals surface area contributed by atoms with Gasteiger partial charge in [0.25, 0.3) is 5.91 Å². The molecule has 0 saturated carbocycles. The first kappa shape index (κ1) is 21.2. The van der Waals surface area contributed by atoms with Crippen molar-refractivity contribution in [3.05, 3.63) is 56.5 Å². The second kappa shape index (κ2) is 7.72. The zero-order valence-corrected chi connectivity index (χ0v) is 18.4. The van der Waals surface area contributed by atoms with Crippen molar-refractivity contribution in [3.8, 4) is 10.6 Å². The third kappa shape index (κ3) is 3.72. The van der Waals surface area contributed by atoms with Crippen molar-refractivity contribution in [3.63, 3.8) is 0 Å². The van der Waals surface area contributed by atoms with Crippen LogP contribution in [0.1, 0.15) is 31.9 Å². The maximum Gasteiger partial charge on any atom is 0.420 e. The zero-order chi connectivity index (χ0) is 22.6. The van der Waals surface area contributed by atoms with Crippen LogP contribution in [0, 0.1) is 0 Å². The Kier molecular flexibility index (Phi) is 5.11. The molecule has 3 aromatic rings. The highest BCUT2D eigenvalue weighted by molar-refractivity contribution is 7.16. The minimum atomic E-state index is -4.64. The summed E-state index contributed by atoms with van der Waals surface area (Å²) < 4.78 is 41.1. The molecule has 11 heteroatoms. The molecule has 4 heterocycles. The molecule has 32 heavy (non-hydrogen) atoms. The molecule has 0 aliphatic carbocycles. The van der Waals surface area contributed by atoms with Gasteiger partial charge in [0, 0.05) is 24.7 Å². The average molecular weight is 480 g/mol. The molecular weight excluding hydrogens is 463 g/mol. The SMILES string of the molecule is CN1Cc2sc(-c3nc(Nc4cc5c(cc4Cl)CNCC5)ncc3C(F)(F)F)cc2C1=O. The van der Waals surface area contributed by atoms with Crippen LogP contribution in [-0.2, 0) is 25.7 Å². The first-order chi connectivity index (χ1) is 15.2. The van der Waals surface area contributed by atoms with Crippen LogP contribution in [0.4, 0.5) is 24.8 Å². The number of halogens is 4. The normalized spacial score (nSPS) is 15.7. The molecule has 2 aliphatic heterocycles. The van der Waals surface area contributed by atoms with Gasteiger partial charge in [0.15, 0.2) is 0 Å². The molecule has 2 aromatic heterocycles. The van der Waals surface area contributed by atoms with E-state index < -0.39 is 11.7 Å². The van der Waals surface area contributed by atoms with E-state index >= 15 is 0 Å². The predicted octanol–water partition coefficient (Wildman–Crippen LogP) is 4.85. The van der Waals surface area contributed by atoms with E-state index in [9.17, 15) is 18.0 Å². The number of anilines is 2. The number of carbonyl (C=O) groups is 1. The molecule has 0 unspecified atom stereocenters. The fourth-order valence-corrected chi connectivity index (χ4v) is 5.34. The summed E-state index contributed by atoms with van der Waals surface area (Å²) in [5.74, 6) is -0.209. The summed E-state index contributed by atoms with van der Waals surface area (Å²) in [6.07, 6.45) is -3.05. The molecule has 2 aliphatic rings. The largest absolute Gasteiger partial charge is 0.420 e.